The van der Waals surface area contributed by atoms with Crippen molar-refractivity contribution in [2.24, 2.45) is 0 Å². The highest BCUT2D eigenvalue weighted by Gasteiger charge is 2.07. The van der Waals surface area contributed by atoms with Gasteiger partial charge in [-0.15, -0.1) is 0 Å². The molecule has 1 heterocycles. The summed E-state index contributed by atoms with van der Waals surface area (Å²) in [4.78, 5) is 22.9. The van der Waals surface area contributed by atoms with E-state index in [1.165, 1.54) is 18.0 Å². The Labute approximate surface area is 116 Å². The van der Waals surface area contributed by atoms with E-state index in [0.29, 0.717) is 12.1 Å². The van der Waals surface area contributed by atoms with Crippen molar-refractivity contribution in [2.45, 2.75) is 13.0 Å². The molecule has 6 nitrogen and oxygen atoms in total. The monoisotopic (exact) mass is 273 g/mol. The van der Waals surface area contributed by atoms with Crippen LogP contribution in [0.1, 0.15) is 5.56 Å². The average molecular weight is 273 g/mol. The normalized spacial score (nSPS) is 10.1. The van der Waals surface area contributed by atoms with E-state index in [0.717, 1.165) is 5.56 Å². The lowest BCUT2D eigenvalue weighted by Gasteiger charge is -2.02. The minimum absolute atomic E-state index is 0.0189. The Bertz CT molecular complexity index is 593. The van der Waals surface area contributed by atoms with E-state index in [4.69, 9.17) is 0 Å². The van der Waals surface area contributed by atoms with Gasteiger partial charge >= 0.3 is 5.97 Å². The molecule has 6 heteroatoms. The van der Waals surface area contributed by atoms with Gasteiger partial charge in [-0.2, -0.15) is 5.10 Å². The molecule has 1 aromatic carbocycles. The number of carbonyl (C=O) groups is 2. The van der Waals surface area contributed by atoms with Gasteiger partial charge in [0.05, 0.1) is 25.4 Å². The van der Waals surface area contributed by atoms with Crippen LogP contribution < -0.4 is 5.32 Å². The van der Waals surface area contributed by atoms with Gasteiger partial charge in [0.25, 0.3) is 0 Å². The third kappa shape index (κ3) is 3.94. The van der Waals surface area contributed by atoms with E-state index >= 15 is 0 Å². The number of anilines is 1. The number of ether oxygens (including phenoxy) is 1. The van der Waals surface area contributed by atoms with Crippen molar-refractivity contribution in [2.75, 3.05) is 12.4 Å². The lowest BCUT2D eigenvalue weighted by Crippen LogP contribution is -2.14. The molecule has 0 spiro atoms. The number of nitrogens with one attached hydrogen (secondary N) is 1. The van der Waals surface area contributed by atoms with Crippen LogP contribution >= 0.6 is 0 Å². The molecule has 0 atom stereocenters. The lowest BCUT2D eigenvalue weighted by molar-refractivity contribution is -0.141. The molecular weight excluding hydrogens is 258 g/mol. The number of hydrogen-bond donors (Lipinski definition) is 1. The zero-order valence-corrected chi connectivity index (χ0v) is 11.1. The first kappa shape index (κ1) is 13.8. The summed E-state index contributed by atoms with van der Waals surface area (Å²) in [5.41, 5.74) is 1.49. The standard InChI is InChI=1S/C14H15N3O3/c1-20-14(19)10-17-9-12(8-15-17)16-13(18)7-11-5-3-2-4-6-11/h2-6,8-9H,7,10H2,1H3,(H,16,18). The van der Waals surface area contributed by atoms with E-state index in [1.54, 1.807) is 6.20 Å². The molecule has 0 saturated heterocycles. The number of nitrogens with zero attached hydrogens (tertiary/aromatic N) is 2. The summed E-state index contributed by atoms with van der Waals surface area (Å²) in [6.45, 7) is 0.0189. The Balaban J connectivity index is 1.90. The fraction of sp³-hybridized carbons (Fsp3) is 0.214. The van der Waals surface area contributed by atoms with Crippen molar-refractivity contribution in [1.82, 2.24) is 9.78 Å². The Kier molecular flexibility index (Phi) is 4.49. The predicted molar refractivity (Wildman–Crippen MR) is 73.0 cm³/mol. The van der Waals surface area contributed by atoms with Crippen LogP contribution in [0.3, 0.4) is 0 Å². The minimum atomic E-state index is -0.393. The van der Waals surface area contributed by atoms with Gasteiger partial charge in [-0.1, -0.05) is 30.3 Å². The van der Waals surface area contributed by atoms with E-state index < -0.39 is 5.97 Å². The van der Waals surface area contributed by atoms with Gasteiger partial charge < -0.3 is 10.1 Å². The summed E-state index contributed by atoms with van der Waals surface area (Å²) < 4.78 is 5.94. The van der Waals surface area contributed by atoms with Gasteiger partial charge in [0.15, 0.2) is 0 Å². The van der Waals surface area contributed by atoms with Crippen LogP contribution in [0.5, 0.6) is 0 Å². The summed E-state index contributed by atoms with van der Waals surface area (Å²) in [5, 5.41) is 6.69. The molecule has 104 valence electrons. The molecule has 0 aliphatic carbocycles. The molecule has 20 heavy (non-hydrogen) atoms. The van der Waals surface area contributed by atoms with Gasteiger partial charge in [-0.3, -0.25) is 14.3 Å². The highest BCUT2D eigenvalue weighted by atomic mass is 16.5. The third-order valence-electron chi connectivity index (χ3n) is 2.64. The van der Waals surface area contributed by atoms with Crippen molar-refractivity contribution in [3.63, 3.8) is 0 Å². The number of methoxy groups -OCH3 is 1. The van der Waals surface area contributed by atoms with Crippen molar-refractivity contribution >= 4 is 17.6 Å². The Morgan fingerprint density at radius 3 is 2.75 bits per heavy atom. The maximum absolute atomic E-state index is 11.8. The number of benzene rings is 1. The van der Waals surface area contributed by atoms with Gasteiger partial charge in [-0.05, 0) is 5.56 Å². The van der Waals surface area contributed by atoms with Crippen molar-refractivity contribution < 1.29 is 14.3 Å². The van der Waals surface area contributed by atoms with E-state index in [1.807, 2.05) is 30.3 Å². The van der Waals surface area contributed by atoms with Crippen LogP contribution in [0.2, 0.25) is 0 Å². The van der Waals surface area contributed by atoms with Crippen LogP contribution in [-0.2, 0) is 27.3 Å². The van der Waals surface area contributed by atoms with Gasteiger partial charge in [0, 0.05) is 6.20 Å². The molecule has 0 unspecified atom stereocenters. The van der Waals surface area contributed by atoms with Gasteiger partial charge in [0.1, 0.15) is 6.54 Å². The lowest BCUT2D eigenvalue weighted by atomic mass is 10.1. The molecule has 1 aromatic heterocycles. The topological polar surface area (TPSA) is 73.2 Å². The Hall–Kier alpha value is -2.63. The molecule has 0 fully saturated rings. The van der Waals surface area contributed by atoms with E-state index in [9.17, 15) is 9.59 Å². The number of carbonyl (C=O) groups excluding carboxylic acids is 2. The molecular formula is C14H15N3O3. The first-order valence-electron chi connectivity index (χ1n) is 6.10. The molecule has 0 aliphatic heterocycles. The number of rotatable bonds is 5. The Morgan fingerprint density at radius 1 is 1.30 bits per heavy atom. The zero-order chi connectivity index (χ0) is 14.4. The molecule has 0 aliphatic rings. The maximum Gasteiger partial charge on any atom is 0.327 e. The molecule has 0 radical (unpaired) electrons. The van der Waals surface area contributed by atoms with Crippen LogP contribution in [0.25, 0.3) is 0 Å². The highest BCUT2D eigenvalue weighted by Crippen LogP contribution is 2.07. The first-order chi connectivity index (χ1) is 9.67. The van der Waals surface area contributed by atoms with Gasteiger partial charge in [0.2, 0.25) is 5.91 Å². The molecule has 2 aromatic rings. The van der Waals surface area contributed by atoms with Crippen LogP contribution in [0.4, 0.5) is 5.69 Å². The molecule has 0 bridgehead atoms. The average Bonchev–Trinajstić information content (AvgIpc) is 2.86. The summed E-state index contributed by atoms with van der Waals surface area (Å²) in [5.74, 6) is -0.524. The van der Waals surface area contributed by atoms with Crippen LogP contribution in [0.15, 0.2) is 42.7 Å². The second-order valence-electron chi connectivity index (χ2n) is 4.21. The molecule has 1 N–H and O–H groups in total. The van der Waals surface area contributed by atoms with E-state index in [-0.39, 0.29) is 12.5 Å². The quantitative estimate of drug-likeness (QED) is 0.832. The van der Waals surface area contributed by atoms with Crippen LogP contribution in [-0.4, -0.2) is 28.8 Å². The number of hydrogen-bond acceptors (Lipinski definition) is 4. The predicted octanol–water partition coefficient (Wildman–Crippen LogP) is 1.24. The highest BCUT2D eigenvalue weighted by molar-refractivity contribution is 5.92. The maximum atomic E-state index is 11.8. The van der Waals surface area contributed by atoms with E-state index in [2.05, 4.69) is 15.2 Å². The third-order valence-corrected chi connectivity index (χ3v) is 2.64. The first-order valence-corrected chi connectivity index (χ1v) is 6.10. The number of esters is 1. The largest absolute Gasteiger partial charge is 0.468 e. The fourth-order valence-corrected chi connectivity index (χ4v) is 1.70. The smallest absolute Gasteiger partial charge is 0.327 e. The van der Waals surface area contributed by atoms with Crippen molar-refractivity contribution in [3.8, 4) is 0 Å². The van der Waals surface area contributed by atoms with Crippen LogP contribution in [0, 0.1) is 0 Å². The summed E-state index contributed by atoms with van der Waals surface area (Å²) in [6, 6.07) is 9.45. The van der Waals surface area contributed by atoms with Gasteiger partial charge in [-0.25, -0.2) is 0 Å². The van der Waals surface area contributed by atoms with Crippen molar-refractivity contribution in [1.29, 1.82) is 0 Å². The second kappa shape index (κ2) is 6.51. The fourth-order valence-electron chi connectivity index (χ4n) is 1.70. The SMILES string of the molecule is COC(=O)Cn1cc(NC(=O)Cc2ccccc2)cn1. The summed E-state index contributed by atoms with van der Waals surface area (Å²) in [6.07, 6.45) is 3.37. The molecule has 1 amide bonds. The second-order valence-corrected chi connectivity index (χ2v) is 4.21. The molecule has 0 saturated carbocycles. The number of aromatic nitrogens is 2. The summed E-state index contributed by atoms with van der Waals surface area (Å²) >= 11 is 0. The molecule has 2 rings (SSSR count). The Morgan fingerprint density at radius 2 is 2.05 bits per heavy atom. The summed E-state index contributed by atoms with van der Waals surface area (Å²) in [7, 11) is 1.31. The van der Waals surface area contributed by atoms with Crippen molar-refractivity contribution in [3.05, 3.63) is 48.3 Å². The minimum Gasteiger partial charge on any atom is -0.468 e. The number of amides is 1. The zero-order valence-electron chi connectivity index (χ0n) is 11.1.